The molecule has 0 bridgehead atoms. The monoisotopic (exact) mass is 269 g/mol. The molecular formula is C13H20ClN3O. The maximum Gasteiger partial charge on any atom is 0.137 e. The van der Waals surface area contributed by atoms with Crippen LogP contribution in [0, 0.1) is 6.92 Å². The molecule has 0 spiro atoms. The lowest BCUT2D eigenvalue weighted by Crippen LogP contribution is -2.43. The van der Waals surface area contributed by atoms with E-state index in [9.17, 15) is 5.11 Å². The Morgan fingerprint density at radius 3 is 2.61 bits per heavy atom. The van der Waals surface area contributed by atoms with E-state index in [1.807, 2.05) is 13.8 Å². The van der Waals surface area contributed by atoms with Crippen molar-refractivity contribution in [2.75, 3.05) is 18.1 Å². The summed E-state index contributed by atoms with van der Waals surface area (Å²) in [5.74, 6) is 1.66. The summed E-state index contributed by atoms with van der Waals surface area (Å²) in [5.41, 5.74) is 0.911. The van der Waals surface area contributed by atoms with E-state index in [2.05, 4.69) is 14.9 Å². The third kappa shape index (κ3) is 2.59. The van der Waals surface area contributed by atoms with Crippen molar-refractivity contribution in [3.63, 3.8) is 0 Å². The van der Waals surface area contributed by atoms with Gasteiger partial charge < -0.3 is 10.0 Å². The zero-order valence-electron chi connectivity index (χ0n) is 11.0. The normalized spacial score (nSPS) is 15.6. The summed E-state index contributed by atoms with van der Waals surface area (Å²) in [6.07, 6.45) is 4.36. The van der Waals surface area contributed by atoms with E-state index >= 15 is 0 Å². The summed E-state index contributed by atoms with van der Waals surface area (Å²) < 4.78 is 0. The highest BCUT2D eigenvalue weighted by molar-refractivity contribution is 6.30. The van der Waals surface area contributed by atoms with Crippen molar-refractivity contribution < 1.29 is 5.11 Å². The van der Waals surface area contributed by atoms with Crippen LogP contribution in [-0.4, -0.2) is 34.3 Å². The van der Waals surface area contributed by atoms with Crippen LogP contribution in [0.1, 0.15) is 37.6 Å². The van der Waals surface area contributed by atoms with Crippen LogP contribution in [0.5, 0.6) is 0 Å². The Hall–Kier alpha value is -0.870. The molecule has 1 aromatic heterocycles. The van der Waals surface area contributed by atoms with Gasteiger partial charge in [0.05, 0.1) is 6.61 Å². The van der Waals surface area contributed by atoms with Gasteiger partial charge in [0.2, 0.25) is 0 Å². The Morgan fingerprint density at radius 2 is 2.11 bits per heavy atom. The van der Waals surface area contributed by atoms with Crippen molar-refractivity contribution in [2.24, 2.45) is 0 Å². The minimum atomic E-state index is 0.138. The lowest BCUT2D eigenvalue weighted by Gasteiger charge is -2.39. The highest BCUT2D eigenvalue weighted by atomic mass is 35.5. The molecule has 4 nitrogen and oxygen atoms in total. The molecule has 1 heterocycles. The van der Waals surface area contributed by atoms with E-state index in [4.69, 9.17) is 11.6 Å². The van der Waals surface area contributed by atoms with E-state index in [1.54, 1.807) is 0 Å². The minimum absolute atomic E-state index is 0.138. The SMILES string of the molecule is CCc1nc(Cl)c(C)c(N(CCO)C2CCC2)n1. The van der Waals surface area contributed by atoms with Crippen LogP contribution in [-0.2, 0) is 6.42 Å². The standard InChI is InChI=1S/C13H20ClN3O/c1-3-11-15-12(14)9(2)13(16-11)17(7-8-18)10-5-4-6-10/h10,18H,3-8H2,1-2H3. The summed E-state index contributed by atoms with van der Waals surface area (Å²) >= 11 is 6.17. The molecule has 5 heteroatoms. The molecule has 1 aliphatic rings. The van der Waals surface area contributed by atoms with Crippen molar-refractivity contribution in [3.05, 3.63) is 16.5 Å². The van der Waals surface area contributed by atoms with E-state index < -0.39 is 0 Å². The quantitative estimate of drug-likeness (QED) is 0.834. The number of aryl methyl sites for hydroxylation is 1. The fourth-order valence-electron chi connectivity index (χ4n) is 2.23. The molecular weight excluding hydrogens is 250 g/mol. The second-order valence-corrected chi connectivity index (χ2v) is 5.09. The molecule has 0 amide bonds. The molecule has 0 unspecified atom stereocenters. The molecule has 0 saturated heterocycles. The fourth-order valence-corrected chi connectivity index (χ4v) is 2.41. The number of aliphatic hydroxyl groups is 1. The maximum absolute atomic E-state index is 9.24. The maximum atomic E-state index is 9.24. The molecule has 1 aromatic rings. The fraction of sp³-hybridized carbons (Fsp3) is 0.692. The Labute approximate surface area is 113 Å². The van der Waals surface area contributed by atoms with Crippen LogP contribution >= 0.6 is 11.6 Å². The minimum Gasteiger partial charge on any atom is -0.395 e. The third-order valence-corrected chi connectivity index (χ3v) is 3.92. The molecule has 0 radical (unpaired) electrons. The van der Waals surface area contributed by atoms with Crippen LogP contribution in [0.25, 0.3) is 0 Å². The van der Waals surface area contributed by atoms with E-state index in [0.717, 1.165) is 23.6 Å². The average molecular weight is 270 g/mol. The van der Waals surface area contributed by atoms with Crippen molar-refractivity contribution in [1.82, 2.24) is 9.97 Å². The van der Waals surface area contributed by atoms with Crippen molar-refractivity contribution >= 4 is 17.4 Å². The van der Waals surface area contributed by atoms with Crippen molar-refractivity contribution in [3.8, 4) is 0 Å². The zero-order chi connectivity index (χ0) is 13.1. The number of hydrogen-bond acceptors (Lipinski definition) is 4. The van der Waals surface area contributed by atoms with Crippen LogP contribution in [0.3, 0.4) is 0 Å². The molecule has 1 aliphatic carbocycles. The highest BCUT2D eigenvalue weighted by Gasteiger charge is 2.27. The number of anilines is 1. The first-order valence-corrected chi connectivity index (χ1v) is 6.95. The summed E-state index contributed by atoms with van der Waals surface area (Å²) in [6.45, 7) is 4.71. The van der Waals surface area contributed by atoms with E-state index in [-0.39, 0.29) is 6.61 Å². The predicted octanol–water partition coefficient (Wildman–Crippen LogP) is 2.35. The lowest BCUT2D eigenvalue weighted by molar-refractivity contribution is 0.282. The van der Waals surface area contributed by atoms with Gasteiger partial charge in [0.15, 0.2) is 0 Å². The summed E-state index contributed by atoms with van der Waals surface area (Å²) in [4.78, 5) is 11.0. The van der Waals surface area contributed by atoms with Crippen LogP contribution in [0.15, 0.2) is 0 Å². The Kier molecular flexibility index (Phi) is 4.40. The third-order valence-electron chi connectivity index (χ3n) is 3.55. The van der Waals surface area contributed by atoms with Gasteiger partial charge >= 0.3 is 0 Å². The number of aliphatic hydroxyl groups excluding tert-OH is 1. The van der Waals surface area contributed by atoms with Gasteiger partial charge in [0.1, 0.15) is 16.8 Å². The zero-order valence-corrected chi connectivity index (χ0v) is 11.7. The number of rotatable bonds is 5. The molecule has 100 valence electrons. The molecule has 0 atom stereocenters. The molecule has 18 heavy (non-hydrogen) atoms. The number of halogens is 1. The van der Waals surface area contributed by atoms with Gasteiger partial charge in [-0.1, -0.05) is 18.5 Å². The molecule has 1 fully saturated rings. The molecule has 0 aromatic carbocycles. The van der Waals surface area contributed by atoms with Crippen molar-refractivity contribution in [2.45, 2.75) is 45.6 Å². The van der Waals surface area contributed by atoms with Crippen LogP contribution in [0.4, 0.5) is 5.82 Å². The second-order valence-electron chi connectivity index (χ2n) is 4.73. The first-order valence-electron chi connectivity index (χ1n) is 6.57. The topological polar surface area (TPSA) is 49.2 Å². The lowest BCUT2D eigenvalue weighted by atomic mass is 9.91. The largest absolute Gasteiger partial charge is 0.395 e. The van der Waals surface area contributed by atoms with Gasteiger partial charge in [-0.2, -0.15) is 0 Å². The summed E-state index contributed by atoms with van der Waals surface area (Å²) in [6, 6.07) is 0.492. The predicted molar refractivity (Wildman–Crippen MR) is 73.2 cm³/mol. The second kappa shape index (κ2) is 5.85. The van der Waals surface area contributed by atoms with E-state index in [0.29, 0.717) is 17.7 Å². The van der Waals surface area contributed by atoms with Gasteiger partial charge in [-0.3, -0.25) is 0 Å². The number of aromatic nitrogens is 2. The summed E-state index contributed by atoms with van der Waals surface area (Å²) in [7, 11) is 0. The van der Waals surface area contributed by atoms with Crippen LogP contribution in [0.2, 0.25) is 5.15 Å². The average Bonchev–Trinajstić information content (AvgIpc) is 2.30. The van der Waals surface area contributed by atoms with Gasteiger partial charge in [0, 0.05) is 24.6 Å². The van der Waals surface area contributed by atoms with Crippen LogP contribution < -0.4 is 4.90 Å². The Morgan fingerprint density at radius 1 is 1.39 bits per heavy atom. The highest BCUT2D eigenvalue weighted by Crippen LogP contribution is 2.32. The smallest absolute Gasteiger partial charge is 0.137 e. The first-order chi connectivity index (χ1) is 8.67. The number of nitrogens with zero attached hydrogens (tertiary/aromatic N) is 3. The van der Waals surface area contributed by atoms with Gasteiger partial charge in [-0.05, 0) is 26.2 Å². The van der Waals surface area contributed by atoms with E-state index in [1.165, 1.54) is 19.3 Å². The molecule has 1 saturated carbocycles. The first kappa shape index (κ1) is 13.6. The van der Waals surface area contributed by atoms with Gasteiger partial charge in [-0.25, -0.2) is 9.97 Å². The molecule has 2 rings (SSSR count). The Balaban J connectivity index is 2.35. The molecule has 0 aliphatic heterocycles. The van der Waals surface area contributed by atoms with Gasteiger partial charge in [-0.15, -0.1) is 0 Å². The molecule has 1 N–H and O–H groups in total. The number of hydrogen-bond donors (Lipinski definition) is 1. The van der Waals surface area contributed by atoms with Gasteiger partial charge in [0.25, 0.3) is 0 Å². The summed E-state index contributed by atoms with van der Waals surface area (Å²) in [5, 5.41) is 9.76. The van der Waals surface area contributed by atoms with Crippen molar-refractivity contribution in [1.29, 1.82) is 0 Å². The Bertz CT molecular complexity index is 421.